The van der Waals surface area contributed by atoms with Crippen LogP contribution in [0.3, 0.4) is 0 Å². The molecule has 2 N–H and O–H groups in total. The van der Waals surface area contributed by atoms with Crippen molar-refractivity contribution in [3.63, 3.8) is 0 Å². The van der Waals surface area contributed by atoms with Crippen molar-refractivity contribution in [2.45, 2.75) is 161 Å². The van der Waals surface area contributed by atoms with Gasteiger partial charge in [-0.1, -0.05) is 144 Å². The van der Waals surface area contributed by atoms with Crippen molar-refractivity contribution in [1.29, 1.82) is 0 Å². The summed E-state index contributed by atoms with van der Waals surface area (Å²) in [6.07, 6.45) is 46.6. The molecule has 0 aromatic carbocycles. The Kier molecular flexibility index (Phi) is 37.4. The monoisotopic (exact) mass is 849 g/mol. The van der Waals surface area contributed by atoms with Crippen LogP contribution >= 0.6 is 7.82 Å². The van der Waals surface area contributed by atoms with Gasteiger partial charge in [0, 0.05) is 12.8 Å². The number of carbonyl (C=O) groups is 2. The first-order chi connectivity index (χ1) is 28.4. The summed E-state index contributed by atoms with van der Waals surface area (Å²) >= 11 is 0. The molecule has 0 aromatic heterocycles. The zero-order chi connectivity index (χ0) is 43.7. The predicted molar refractivity (Wildman–Crippen MR) is 244 cm³/mol. The van der Waals surface area contributed by atoms with Crippen LogP contribution in [0.25, 0.3) is 0 Å². The number of hydrogen-bond acceptors (Lipinski definition) is 8. The van der Waals surface area contributed by atoms with Crippen molar-refractivity contribution in [1.82, 2.24) is 0 Å². The molecular weight excluding hydrogens is 766 g/mol. The lowest BCUT2D eigenvalue weighted by Crippen LogP contribution is -2.37. The number of ether oxygens (including phenoxy) is 2. The average Bonchev–Trinajstić information content (AvgIpc) is 3.18. The number of phosphoric acid groups is 1. The lowest BCUT2D eigenvalue weighted by Gasteiger charge is -2.24. The molecule has 0 saturated carbocycles. The summed E-state index contributed by atoms with van der Waals surface area (Å²) in [5.41, 5.74) is 0. The summed E-state index contributed by atoms with van der Waals surface area (Å²) in [4.78, 5) is 35.4. The minimum absolute atomic E-state index is 0.00692. The molecule has 338 valence electrons. The molecule has 0 fully saturated rings. The molecule has 2 unspecified atom stereocenters. The first-order valence-corrected chi connectivity index (χ1v) is 23.9. The Morgan fingerprint density at radius 1 is 0.627 bits per heavy atom. The predicted octanol–water partition coefficient (Wildman–Crippen LogP) is 11.8. The molecule has 3 atom stereocenters. The van der Waals surface area contributed by atoms with E-state index in [1.165, 1.54) is 38.5 Å². The summed E-state index contributed by atoms with van der Waals surface area (Å²) in [5.74, 6) is -1.03. The molecule has 10 nitrogen and oxygen atoms in total. The number of likely N-dealkylation sites (N-methyl/N-ethyl adjacent to an activating group) is 1. The van der Waals surface area contributed by atoms with Crippen LogP contribution in [0.15, 0.2) is 85.1 Å². The van der Waals surface area contributed by atoms with Gasteiger partial charge in [0.25, 0.3) is 0 Å². The van der Waals surface area contributed by atoms with E-state index in [2.05, 4.69) is 74.6 Å². The van der Waals surface area contributed by atoms with E-state index in [9.17, 15) is 24.2 Å². The fourth-order valence-electron chi connectivity index (χ4n) is 5.48. The number of allylic oxidation sites excluding steroid dienone is 13. The van der Waals surface area contributed by atoms with Crippen LogP contribution in [0.5, 0.6) is 0 Å². The number of nitrogens with zero attached hydrogens (tertiary/aromatic N) is 1. The van der Waals surface area contributed by atoms with Crippen molar-refractivity contribution in [3.8, 4) is 0 Å². The number of aliphatic hydroxyl groups is 1. The van der Waals surface area contributed by atoms with Gasteiger partial charge in [-0.3, -0.25) is 18.6 Å². The van der Waals surface area contributed by atoms with E-state index < -0.39 is 38.6 Å². The quantitative estimate of drug-likeness (QED) is 0.0155. The number of carbonyl (C=O) groups excluding carboxylic acids is 2. The molecule has 0 spiro atoms. The van der Waals surface area contributed by atoms with Crippen LogP contribution < -0.4 is 0 Å². The molecule has 59 heavy (non-hydrogen) atoms. The molecule has 0 aliphatic rings. The lowest BCUT2D eigenvalue weighted by atomic mass is 10.1. The van der Waals surface area contributed by atoms with Gasteiger partial charge in [0.15, 0.2) is 6.10 Å². The van der Waals surface area contributed by atoms with Gasteiger partial charge >= 0.3 is 19.8 Å². The SMILES string of the molecule is CC/C=C\C/C=C\C/C=C\C/C=C\CCCCCCC(=O)O[C@H](COC(=O)CCCC(O)/C=C/C=C/C/C=C/CCCCCCCC)COP(=O)(O)OCC[N+](C)(C)C. The normalized spacial score (nSPS) is 14.9. The highest BCUT2D eigenvalue weighted by molar-refractivity contribution is 7.47. The minimum atomic E-state index is -4.43. The first kappa shape index (κ1) is 56.1. The van der Waals surface area contributed by atoms with Crippen molar-refractivity contribution >= 4 is 19.8 Å². The number of hydrogen-bond donors (Lipinski definition) is 2. The fourth-order valence-corrected chi connectivity index (χ4v) is 6.22. The molecule has 0 rings (SSSR count). The van der Waals surface area contributed by atoms with Gasteiger partial charge in [-0.25, -0.2) is 4.57 Å². The Bertz CT molecular complexity index is 1300. The van der Waals surface area contributed by atoms with Gasteiger partial charge in [0.05, 0.1) is 33.9 Å². The van der Waals surface area contributed by atoms with Gasteiger partial charge in [-0.15, -0.1) is 0 Å². The third-order valence-electron chi connectivity index (χ3n) is 9.01. The minimum Gasteiger partial charge on any atom is -0.462 e. The second-order valence-electron chi connectivity index (χ2n) is 15.9. The molecule has 0 radical (unpaired) electrons. The van der Waals surface area contributed by atoms with Crippen LogP contribution in [-0.2, 0) is 32.7 Å². The van der Waals surface area contributed by atoms with Crippen molar-refractivity contribution in [2.75, 3.05) is 47.5 Å². The Morgan fingerprint density at radius 3 is 1.78 bits per heavy atom. The highest BCUT2D eigenvalue weighted by Gasteiger charge is 2.27. The first-order valence-electron chi connectivity index (χ1n) is 22.4. The van der Waals surface area contributed by atoms with E-state index in [-0.39, 0.29) is 26.1 Å². The summed E-state index contributed by atoms with van der Waals surface area (Å²) < 4.78 is 34.1. The number of phosphoric ester groups is 1. The van der Waals surface area contributed by atoms with Gasteiger partial charge in [-0.05, 0) is 77.0 Å². The molecule has 0 amide bonds. The maximum atomic E-state index is 12.7. The Labute approximate surface area is 359 Å². The van der Waals surface area contributed by atoms with Gasteiger partial charge in [0.1, 0.15) is 19.8 Å². The van der Waals surface area contributed by atoms with E-state index in [0.29, 0.717) is 30.3 Å². The number of aliphatic hydroxyl groups excluding tert-OH is 1. The topological polar surface area (TPSA) is 129 Å². The fraction of sp³-hybridized carbons (Fsp3) is 0.667. The van der Waals surface area contributed by atoms with Crippen LogP contribution in [0.4, 0.5) is 0 Å². The van der Waals surface area contributed by atoms with E-state index in [1.807, 2.05) is 39.4 Å². The Balaban J connectivity index is 4.59. The molecule has 0 bridgehead atoms. The molecular formula is C48H83NO9P+. The third kappa shape index (κ3) is 43.1. The summed E-state index contributed by atoms with van der Waals surface area (Å²) in [6.45, 7) is 4.03. The van der Waals surface area contributed by atoms with Gasteiger partial charge in [-0.2, -0.15) is 0 Å². The average molecular weight is 849 g/mol. The molecule has 11 heteroatoms. The Morgan fingerprint density at radius 2 is 1.17 bits per heavy atom. The van der Waals surface area contributed by atoms with Crippen LogP contribution in [-0.4, -0.2) is 86.1 Å². The van der Waals surface area contributed by atoms with Crippen molar-refractivity contribution < 1.29 is 47.2 Å². The summed E-state index contributed by atoms with van der Waals surface area (Å²) in [6, 6.07) is 0. The lowest BCUT2D eigenvalue weighted by molar-refractivity contribution is -0.870. The van der Waals surface area contributed by atoms with Crippen LogP contribution in [0.1, 0.15) is 149 Å². The van der Waals surface area contributed by atoms with Crippen LogP contribution in [0.2, 0.25) is 0 Å². The molecule has 0 aliphatic carbocycles. The van der Waals surface area contributed by atoms with E-state index in [4.69, 9.17) is 18.5 Å². The number of rotatable bonds is 39. The van der Waals surface area contributed by atoms with E-state index in [0.717, 1.165) is 64.2 Å². The van der Waals surface area contributed by atoms with Gasteiger partial charge < -0.3 is 24.0 Å². The Hall–Kier alpha value is -2.85. The molecule has 0 aromatic rings. The number of esters is 2. The molecule has 0 saturated heterocycles. The standard InChI is InChI=1S/C48H82NO9P/c1-6-8-10-12-14-16-18-20-21-22-23-25-27-29-31-33-35-39-48(52)58-46(44-57-59(53,54)56-42-41-49(3,4)5)43-55-47(51)40-36-38-45(50)37-34-32-30-28-26-24-19-17-15-13-11-9-7-2/h8,10,14,16,20-21,23-26,30,32,34,37,45-46,50H,6-7,9,11-13,15,17-19,22,27-29,31,33,35-36,38-44H2,1-5H3/p+1/b10-8-,16-14-,21-20-,25-23-,26-24+,32-30+,37-34+/t45?,46-/m1/s1. The smallest absolute Gasteiger partial charge is 0.462 e. The van der Waals surface area contributed by atoms with E-state index in [1.54, 1.807) is 6.08 Å². The number of unbranched alkanes of at least 4 members (excludes halogenated alkanes) is 10. The van der Waals surface area contributed by atoms with Crippen molar-refractivity contribution in [2.24, 2.45) is 0 Å². The summed E-state index contributed by atoms with van der Waals surface area (Å²) in [7, 11) is 1.35. The third-order valence-corrected chi connectivity index (χ3v) is 10.00. The van der Waals surface area contributed by atoms with E-state index >= 15 is 0 Å². The highest BCUT2D eigenvalue weighted by atomic mass is 31.2. The maximum Gasteiger partial charge on any atom is 0.472 e. The maximum absolute atomic E-state index is 12.7. The van der Waals surface area contributed by atoms with Crippen molar-refractivity contribution in [3.05, 3.63) is 85.1 Å². The number of quaternary nitrogens is 1. The summed E-state index contributed by atoms with van der Waals surface area (Å²) in [5, 5.41) is 10.3. The second kappa shape index (κ2) is 39.3. The largest absolute Gasteiger partial charge is 0.472 e. The molecule has 0 heterocycles. The van der Waals surface area contributed by atoms with Gasteiger partial charge in [0.2, 0.25) is 0 Å². The van der Waals surface area contributed by atoms with Crippen LogP contribution in [0, 0.1) is 0 Å². The highest BCUT2D eigenvalue weighted by Crippen LogP contribution is 2.43. The zero-order valence-electron chi connectivity index (χ0n) is 37.6. The zero-order valence-corrected chi connectivity index (χ0v) is 38.5. The molecule has 0 aliphatic heterocycles. The second-order valence-corrected chi connectivity index (χ2v) is 17.3.